The van der Waals surface area contributed by atoms with Gasteiger partial charge in [0.05, 0.1) is 4.87 Å². The highest BCUT2D eigenvalue weighted by molar-refractivity contribution is 8.05. The Morgan fingerprint density at radius 2 is 2.46 bits per heavy atom. The minimum atomic E-state index is -0.714. The second-order valence-corrected chi connectivity index (χ2v) is 6.50. The van der Waals surface area contributed by atoms with Crippen LogP contribution in [0.1, 0.15) is 13.3 Å². The average molecular weight is 219 g/mol. The summed E-state index contributed by atoms with van der Waals surface area (Å²) in [6.45, 7) is 2.20. The molecule has 3 atom stereocenters. The van der Waals surface area contributed by atoms with Crippen molar-refractivity contribution in [1.82, 2.24) is 5.32 Å². The smallest absolute Gasteiger partial charge is 0.321 e. The van der Waals surface area contributed by atoms with Crippen LogP contribution >= 0.6 is 23.5 Å². The van der Waals surface area contributed by atoms with Crippen LogP contribution in [0.5, 0.6) is 0 Å². The zero-order valence-electron chi connectivity index (χ0n) is 7.45. The zero-order valence-corrected chi connectivity index (χ0v) is 9.08. The molecular formula is C8H13NO2S2. The summed E-state index contributed by atoms with van der Waals surface area (Å²) >= 11 is 3.71. The first-order valence-corrected chi connectivity index (χ1v) is 6.41. The molecule has 0 aromatic heterocycles. The molecule has 5 heteroatoms. The number of hydrogen-bond acceptors (Lipinski definition) is 4. The zero-order chi connectivity index (χ0) is 9.47. The lowest BCUT2D eigenvalue weighted by molar-refractivity contribution is -0.138. The van der Waals surface area contributed by atoms with E-state index in [1.807, 2.05) is 11.8 Å². The van der Waals surface area contributed by atoms with Gasteiger partial charge in [-0.15, -0.1) is 11.8 Å². The van der Waals surface area contributed by atoms with Crippen molar-refractivity contribution in [3.63, 3.8) is 0 Å². The highest BCUT2D eigenvalue weighted by Gasteiger charge is 2.46. The fourth-order valence-corrected chi connectivity index (χ4v) is 4.94. The molecule has 2 saturated heterocycles. The number of carbonyl (C=O) groups is 1. The van der Waals surface area contributed by atoms with Gasteiger partial charge >= 0.3 is 5.97 Å². The maximum atomic E-state index is 10.7. The second-order valence-electron chi connectivity index (χ2n) is 3.67. The van der Waals surface area contributed by atoms with E-state index < -0.39 is 5.97 Å². The molecule has 2 N–H and O–H groups in total. The van der Waals surface area contributed by atoms with Crippen LogP contribution in [0.3, 0.4) is 0 Å². The van der Waals surface area contributed by atoms with E-state index in [4.69, 9.17) is 5.11 Å². The average Bonchev–Trinajstić information content (AvgIpc) is 2.61. The topological polar surface area (TPSA) is 49.3 Å². The Morgan fingerprint density at radius 1 is 1.69 bits per heavy atom. The number of carboxylic acids is 1. The molecule has 0 bridgehead atoms. The molecule has 2 aliphatic rings. The van der Waals surface area contributed by atoms with Crippen LogP contribution in [0.15, 0.2) is 0 Å². The maximum Gasteiger partial charge on any atom is 0.321 e. The van der Waals surface area contributed by atoms with E-state index in [0.717, 1.165) is 12.2 Å². The van der Waals surface area contributed by atoms with E-state index in [0.29, 0.717) is 11.0 Å². The normalized spacial score (nSPS) is 44.4. The number of thioether (sulfide) groups is 2. The molecular weight excluding hydrogens is 206 g/mol. The van der Waals surface area contributed by atoms with Crippen LogP contribution in [0.2, 0.25) is 0 Å². The summed E-state index contributed by atoms with van der Waals surface area (Å²) < 4.78 is 0. The van der Waals surface area contributed by atoms with E-state index in [2.05, 4.69) is 12.2 Å². The van der Waals surface area contributed by atoms with Crippen molar-refractivity contribution >= 4 is 29.5 Å². The van der Waals surface area contributed by atoms with Crippen molar-refractivity contribution < 1.29 is 9.90 Å². The highest BCUT2D eigenvalue weighted by Crippen LogP contribution is 2.45. The molecule has 0 aromatic rings. The SMILES string of the molecule is CC1CC2(CS1)NC(C(=O)O)CS2. The van der Waals surface area contributed by atoms with Crippen molar-refractivity contribution in [2.75, 3.05) is 11.5 Å². The third-order valence-corrected chi connectivity index (χ3v) is 5.54. The summed E-state index contributed by atoms with van der Waals surface area (Å²) in [6, 6.07) is -0.337. The summed E-state index contributed by atoms with van der Waals surface area (Å²) in [5.74, 6) is 1.04. The Kier molecular flexibility index (Phi) is 2.51. The van der Waals surface area contributed by atoms with Gasteiger partial charge in [-0.1, -0.05) is 6.92 Å². The maximum absolute atomic E-state index is 10.7. The number of hydrogen-bond donors (Lipinski definition) is 2. The van der Waals surface area contributed by atoms with Crippen LogP contribution in [-0.4, -0.2) is 38.7 Å². The molecule has 3 unspecified atom stereocenters. The molecule has 3 nitrogen and oxygen atoms in total. The van der Waals surface area contributed by atoms with E-state index in [1.54, 1.807) is 11.8 Å². The monoisotopic (exact) mass is 219 g/mol. The lowest BCUT2D eigenvalue weighted by Crippen LogP contribution is -2.45. The summed E-state index contributed by atoms with van der Waals surface area (Å²) in [5.41, 5.74) is 0. The van der Waals surface area contributed by atoms with E-state index in [1.165, 1.54) is 0 Å². The van der Waals surface area contributed by atoms with Gasteiger partial charge in [-0.2, -0.15) is 11.8 Å². The quantitative estimate of drug-likeness (QED) is 0.689. The molecule has 0 aliphatic carbocycles. The van der Waals surface area contributed by atoms with Crippen molar-refractivity contribution in [3.8, 4) is 0 Å². The van der Waals surface area contributed by atoms with E-state index in [-0.39, 0.29) is 10.9 Å². The largest absolute Gasteiger partial charge is 0.480 e. The van der Waals surface area contributed by atoms with Crippen LogP contribution in [0, 0.1) is 0 Å². The summed E-state index contributed by atoms with van der Waals surface area (Å²) in [4.78, 5) is 10.8. The Hall–Kier alpha value is 0.130. The molecule has 1 spiro atoms. The Balaban J connectivity index is 2.01. The number of nitrogens with one attached hydrogen (secondary N) is 1. The standard InChI is InChI=1S/C8H13NO2S2/c1-5-2-8(4-12-5)9-6(3-13-8)7(10)11/h5-6,9H,2-4H2,1H3,(H,10,11). The van der Waals surface area contributed by atoms with Gasteiger partial charge in [-0.25, -0.2) is 0 Å². The van der Waals surface area contributed by atoms with Crippen molar-refractivity contribution in [1.29, 1.82) is 0 Å². The minimum absolute atomic E-state index is 0.0626. The van der Waals surface area contributed by atoms with Crippen molar-refractivity contribution in [2.45, 2.75) is 29.5 Å². The summed E-state index contributed by atoms with van der Waals surface area (Å²) in [7, 11) is 0. The van der Waals surface area contributed by atoms with E-state index in [9.17, 15) is 4.79 Å². The predicted molar refractivity (Wildman–Crippen MR) is 56.3 cm³/mol. The van der Waals surface area contributed by atoms with Gasteiger partial charge in [0, 0.05) is 16.8 Å². The molecule has 2 fully saturated rings. The Labute approximate surface area is 86.0 Å². The van der Waals surface area contributed by atoms with Crippen LogP contribution in [0.4, 0.5) is 0 Å². The molecule has 13 heavy (non-hydrogen) atoms. The lowest BCUT2D eigenvalue weighted by Gasteiger charge is -2.22. The molecule has 0 saturated carbocycles. The molecule has 2 rings (SSSR count). The Morgan fingerprint density at radius 3 is 2.92 bits per heavy atom. The molecule has 2 heterocycles. The first-order valence-electron chi connectivity index (χ1n) is 4.37. The third-order valence-electron chi connectivity index (χ3n) is 2.48. The molecule has 0 aromatic carbocycles. The second kappa shape index (κ2) is 3.37. The van der Waals surface area contributed by atoms with Gasteiger partial charge in [0.25, 0.3) is 0 Å². The third kappa shape index (κ3) is 1.82. The van der Waals surface area contributed by atoms with E-state index >= 15 is 0 Å². The minimum Gasteiger partial charge on any atom is -0.480 e. The first-order chi connectivity index (χ1) is 6.11. The fraction of sp³-hybridized carbons (Fsp3) is 0.875. The molecule has 2 aliphatic heterocycles. The van der Waals surface area contributed by atoms with Gasteiger partial charge < -0.3 is 5.11 Å². The van der Waals surface area contributed by atoms with Crippen molar-refractivity contribution in [2.24, 2.45) is 0 Å². The first kappa shape index (κ1) is 9.68. The number of aliphatic carboxylic acids is 1. The molecule has 74 valence electrons. The lowest BCUT2D eigenvalue weighted by atomic mass is 10.1. The highest BCUT2D eigenvalue weighted by atomic mass is 32.2. The van der Waals surface area contributed by atoms with Gasteiger partial charge in [-0.05, 0) is 6.42 Å². The fourth-order valence-electron chi connectivity index (χ4n) is 1.84. The predicted octanol–water partition coefficient (Wildman–Crippen LogP) is 0.998. The van der Waals surface area contributed by atoms with Gasteiger partial charge in [0.2, 0.25) is 0 Å². The van der Waals surface area contributed by atoms with Crippen LogP contribution in [0.25, 0.3) is 0 Å². The van der Waals surface area contributed by atoms with Gasteiger partial charge in [0.15, 0.2) is 0 Å². The van der Waals surface area contributed by atoms with Crippen LogP contribution in [-0.2, 0) is 4.79 Å². The summed E-state index contributed by atoms with van der Waals surface area (Å²) in [5, 5.41) is 12.7. The number of rotatable bonds is 1. The Bertz CT molecular complexity index is 236. The molecule has 0 radical (unpaired) electrons. The molecule has 0 amide bonds. The number of carboxylic acid groups (broad SMARTS) is 1. The van der Waals surface area contributed by atoms with Crippen LogP contribution < -0.4 is 5.32 Å². The van der Waals surface area contributed by atoms with Gasteiger partial charge in [0.1, 0.15) is 6.04 Å². The van der Waals surface area contributed by atoms with Crippen molar-refractivity contribution in [3.05, 3.63) is 0 Å². The summed E-state index contributed by atoms with van der Waals surface area (Å²) in [6.07, 6.45) is 1.09. The van der Waals surface area contributed by atoms with Gasteiger partial charge in [-0.3, -0.25) is 10.1 Å².